The van der Waals surface area contributed by atoms with Crippen LogP contribution in [-0.4, -0.2) is 0 Å². The summed E-state index contributed by atoms with van der Waals surface area (Å²) >= 11 is 0. The second-order valence-corrected chi connectivity index (χ2v) is 13.7. The molecule has 0 fully saturated rings. The highest BCUT2D eigenvalue weighted by Gasteiger charge is 2.36. The molecule has 0 amide bonds. The molecule has 0 unspecified atom stereocenters. The molecule has 0 nitrogen and oxygen atoms in total. The molecule has 0 saturated carbocycles. The maximum Gasteiger partial charge on any atom is 0.0159 e. The van der Waals surface area contributed by atoms with Gasteiger partial charge in [-0.25, -0.2) is 0 Å². The number of rotatable bonds is 2. The molecule has 0 N–H and O–H groups in total. The van der Waals surface area contributed by atoms with Gasteiger partial charge in [-0.1, -0.05) is 155 Å². The number of hydrogen-bond acceptors (Lipinski definition) is 0. The minimum atomic E-state index is -0.0757. The summed E-state index contributed by atoms with van der Waals surface area (Å²) in [6, 6.07) is 50.2. The summed E-state index contributed by atoms with van der Waals surface area (Å²) in [5.41, 5.74) is 16.2. The first-order valence-corrected chi connectivity index (χ1v) is 15.8. The van der Waals surface area contributed by atoms with Crippen molar-refractivity contribution in [2.75, 3.05) is 0 Å². The Morgan fingerprint density at radius 2 is 0.841 bits per heavy atom. The zero-order valence-electron chi connectivity index (χ0n) is 25.7. The van der Waals surface area contributed by atoms with Crippen LogP contribution in [0.15, 0.2) is 133 Å². The summed E-state index contributed by atoms with van der Waals surface area (Å²) in [6.45, 7) is 9.47. The third-order valence-corrected chi connectivity index (χ3v) is 10.7. The fraction of sp³-hybridized carbons (Fsp3) is 0.136. The molecule has 210 valence electrons. The van der Waals surface area contributed by atoms with Gasteiger partial charge in [-0.15, -0.1) is 0 Å². The molecule has 0 bridgehead atoms. The van der Waals surface area contributed by atoms with Crippen LogP contribution in [0.3, 0.4) is 0 Å². The summed E-state index contributed by atoms with van der Waals surface area (Å²) in [5.74, 6) is 0. The Labute approximate surface area is 259 Å². The Kier molecular flexibility index (Phi) is 5.11. The first kappa shape index (κ1) is 25.5. The van der Waals surface area contributed by atoms with Crippen LogP contribution >= 0.6 is 0 Å². The molecular formula is C44H34. The van der Waals surface area contributed by atoms with E-state index in [1.807, 2.05) is 0 Å². The van der Waals surface area contributed by atoms with Crippen molar-refractivity contribution in [1.29, 1.82) is 0 Å². The summed E-state index contributed by atoms with van der Waals surface area (Å²) in [5, 5.41) is 5.37. The van der Waals surface area contributed by atoms with Gasteiger partial charge in [0.2, 0.25) is 0 Å². The lowest BCUT2D eigenvalue weighted by Gasteiger charge is -2.36. The lowest BCUT2D eigenvalue weighted by atomic mass is 9.67. The van der Waals surface area contributed by atoms with Gasteiger partial charge in [-0.3, -0.25) is 0 Å². The molecule has 44 heavy (non-hydrogen) atoms. The van der Waals surface area contributed by atoms with Gasteiger partial charge in [-0.05, 0) is 94.4 Å². The Bertz CT molecular complexity index is 2310. The van der Waals surface area contributed by atoms with Gasteiger partial charge in [0.1, 0.15) is 0 Å². The lowest BCUT2D eigenvalue weighted by molar-refractivity contribution is 0.645. The van der Waals surface area contributed by atoms with Crippen molar-refractivity contribution in [3.05, 3.63) is 156 Å². The van der Waals surface area contributed by atoms with Crippen LogP contribution < -0.4 is 0 Å². The average molecular weight is 563 g/mol. The van der Waals surface area contributed by atoms with Gasteiger partial charge in [0, 0.05) is 10.8 Å². The van der Waals surface area contributed by atoms with E-state index in [-0.39, 0.29) is 10.8 Å². The van der Waals surface area contributed by atoms with Gasteiger partial charge in [0.25, 0.3) is 0 Å². The molecule has 0 heteroatoms. The van der Waals surface area contributed by atoms with Crippen LogP contribution in [-0.2, 0) is 10.8 Å². The maximum atomic E-state index is 2.42. The molecule has 0 atom stereocenters. The Morgan fingerprint density at radius 1 is 0.341 bits per heavy atom. The highest BCUT2D eigenvalue weighted by molar-refractivity contribution is 6.23. The first-order chi connectivity index (χ1) is 21.4. The summed E-state index contributed by atoms with van der Waals surface area (Å²) in [4.78, 5) is 0. The van der Waals surface area contributed by atoms with Gasteiger partial charge >= 0.3 is 0 Å². The smallest absolute Gasteiger partial charge is 0.0159 e. The molecule has 0 aliphatic heterocycles. The largest absolute Gasteiger partial charge is 0.0619 e. The van der Waals surface area contributed by atoms with Crippen LogP contribution in [0.2, 0.25) is 0 Å². The molecule has 0 aromatic heterocycles. The number of fused-ring (bicyclic) bond motifs is 7. The molecule has 0 radical (unpaired) electrons. The van der Waals surface area contributed by atoms with Crippen molar-refractivity contribution in [2.24, 2.45) is 0 Å². The maximum absolute atomic E-state index is 2.42. The third kappa shape index (κ3) is 3.29. The molecule has 0 saturated heterocycles. The van der Waals surface area contributed by atoms with Crippen LogP contribution in [0.1, 0.15) is 49.9 Å². The monoisotopic (exact) mass is 562 g/mol. The van der Waals surface area contributed by atoms with E-state index in [1.165, 1.54) is 88.3 Å². The molecule has 7 aromatic carbocycles. The van der Waals surface area contributed by atoms with Crippen molar-refractivity contribution in [3.8, 4) is 44.5 Å². The SMILES string of the molecule is CC1(C)c2ccccc2-c2ccc(-c3ccc(-c4c5ccccc5c5c6c(cccc46)C(C)(C)c4ccccc4-5)cc3)cc21. The van der Waals surface area contributed by atoms with E-state index in [0.717, 1.165) is 0 Å². The second-order valence-electron chi connectivity index (χ2n) is 13.7. The first-order valence-electron chi connectivity index (χ1n) is 15.8. The van der Waals surface area contributed by atoms with Crippen LogP contribution in [0, 0.1) is 0 Å². The predicted molar refractivity (Wildman–Crippen MR) is 187 cm³/mol. The molecule has 7 aromatic rings. The van der Waals surface area contributed by atoms with Crippen molar-refractivity contribution >= 4 is 21.5 Å². The second kappa shape index (κ2) is 8.80. The minimum Gasteiger partial charge on any atom is -0.0619 e. The fourth-order valence-electron chi connectivity index (χ4n) is 8.44. The zero-order valence-corrected chi connectivity index (χ0v) is 25.7. The van der Waals surface area contributed by atoms with E-state index in [2.05, 4.69) is 161 Å². The fourth-order valence-corrected chi connectivity index (χ4v) is 8.44. The van der Waals surface area contributed by atoms with E-state index in [4.69, 9.17) is 0 Å². The summed E-state index contributed by atoms with van der Waals surface area (Å²) < 4.78 is 0. The molecule has 2 aliphatic carbocycles. The van der Waals surface area contributed by atoms with Crippen LogP contribution in [0.25, 0.3) is 66.1 Å². The Balaban J connectivity index is 1.24. The highest BCUT2D eigenvalue weighted by Crippen LogP contribution is 2.54. The Morgan fingerprint density at radius 3 is 1.59 bits per heavy atom. The number of benzene rings is 7. The van der Waals surface area contributed by atoms with Gasteiger partial charge in [0.15, 0.2) is 0 Å². The third-order valence-electron chi connectivity index (χ3n) is 10.7. The zero-order chi connectivity index (χ0) is 29.8. The minimum absolute atomic E-state index is 0.00343. The average Bonchev–Trinajstić information content (AvgIpc) is 3.29. The van der Waals surface area contributed by atoms with Crippen LogP contribution in [0.5, 0.6) is 0 Å². The van der Waals surface area contributed by atoms with Crippen molar-refractivity contribution < 1.29 is 0 Å². The topological polar surface area (TPSA) is 0 Å². The summed E-state index contributed by atoms with van der Waals surface area (Å²) in [6.07, 6.45) is 0. The van der Waals surface area contributed by atoms with E-state index in [9.17, 15) is 0 Å². The molecule has 0 spiro atoms. The molecule has 0 heterocycles. The molecule has 9 rings (SSSR count). The van der Waals surface area contributed by atoms with Crippen molar-refractivity contribution in [3.63, 3.8) is 0 Å². The van der Waals surface area contributed by atoms with Gasteiger partial charge < -0.3 is 0 Å². The normalized spacial score (nSPS) is 15.2. The standard InChI is InChI=1S/C44H34/c1-43(2)37-18-10-8-15-34(37)41-33-14-6-5-13-32(33)40(35-16-11-19-38(43)42(35)41)28-22-20-27(21-23-28)29-24-25-31-30-12-7-9-17-36(30)44(3,4)39(31)26-29/h5-26H,1-4H3. The lowest BCUT2D eigenvalue weighted by Crippen LogP contribution is -2.23. The van der Waals surface area contributed by atoms with Crippen molar-refractivity contribution in [1.82, 2.24) is 0 Å². The number of hydrogen-bond donors (Lipinski definition) is 0. The molecule has 2 aliphatic rings. The van der Waals surface area contributed by atoms with E-state index in [1.54, 1.807) is 0 Å². The van der Waals surface area contributed by atoms with E-state index < -0.39 is 0 Å². The van der Waals surface area contributed by atoms with Gasteiger partial charge in [0.05, 0.1) is 0 Å². The van der Waals surface area contributed by atoms with Crippen LogP contribution in [0.4, 0.5) is 0 Å². The quantitative estimate of drug-likeness (QED) is 0.184. The molecular weight excluding hydrogens is 528 g/mol. The van der Waals surface area contributed by atoms with E-state index >= 15 is 0 Å². The highest BCUT2D eigenvalue weighted by atomic mass is 14.4. The predicted octanol–water partition coefficient (Wildman–Crippen LogP) is 11.9. The Hall–Kier alpha value is -4.94. The van der Waals surface area contributed by atoms with Crippen molar-refractivity contribution in [2.45, 2.75) is 38.5 Å². The van der Waals surface area contributed by atoms with E-state index in [0.29, 0.717) is 0 Å². The van der Waals surface area contributed by atoms with Gasteiger partial charge in [-0.2, -0.15) is 0 Å². The summed E-state index contributed by atoms with van der Waals surface area (Å²) in [7, 11) is 0.